The predicted octanol–water partition coefficient (Wildman–Crippen LogP) is 2.57. The minimum absolute atomic E-state index is 0.169. The summed E-state index contributed by atoms with van der Waals surface area (Å²) < 4.78 is 5.65. The Bertz CT molecular complexity index is 705. The molecule has 1 aliphatic rings. The van der Waals surface area contributed by atoms with Crippen molar-refractivity contribution in [3.63, 3.8) is 0 Å². The summed E-state index contributed by atoms with van der Waals surface area (Å²) in [6.45, 7) is 0.241. The highest BCUT2D eigenvalue weighted by atomic mass is 16.4. The molecule has 24 heavy (non-hydrogen) atoms. The first-order valence-corrected chi connectivity index (χ1v) is 8.31. The second-order valence-corrected chi connectivity index (χ2v) is 6.57. The number of aliphatic hydroxyl groups excluding tert-OH is 1. The molecule has 2 aromatic rings. The molecule has 0 spiro atoms. The van der Waals surface area contributed by atoms with E-state index < -0.39 is 0 Å². The maximum atomic E-state index is 12.2. The van der Waals surface area contributed by atoms with Crippen LogP contribution in [0.1, 0.15) is 25.7 Å². The van der Waals surface area contributed by atoms with Gasteiger partial charge in [0.15, 0.2) is 5.58 Å². The van der Waals surface area contributed by atoms with E-state index in [2.05, 4.69) is 15.6 Å². The highest BCUT2D eigenvalue weighted by Gasteiger charge is 2.21. The summed E-state index contributed by atoms with van der Waals surface area (Å²) in [5.41, 5.74) is 2.07. The van der Waals surface area contributed by atoms with E-state index >= 15 is 0 Å². The molecule has 0 atom stereocenters. The molecular weight excluding hydrogens is 308 g/mol. The van der Waals surface area contributed by atoms with Crippen LogP contribution in [-0.4, -0.2) is 42.9 Å². The zero-order valence-corrected chi connectivity index (χ0v) is 14.1. The third-order valence-electron chi connectivity index (χ3n) is 4.46. The molecule has 1 aliphatic carbocycles. The second-order valence-electron chi connectivity index (χ2n) is 6.57. The average Bonchev–Trinajstić information content (AvgIpc) is 2.99. The molecule has 1 aromatic carbocycles. The number of aromatic nitrogens is 1. The van der Waals surface area contributed by atoms with Gasteiger partial charge < -0.3 is 25.1 Å². The lowest BCUT2D eigenvalue weighted by Crippen LogP contribution is -2.40. The molecule has 2 amide bonds. The van der Waals surface area contributed by atoms with Crippen molar-refractivity contribution >= 4 is 28.8 Å². The molecule has 1 heterocycles. The van der Waals surface area contributed by atoms with E-state index in [1.54, 1.807) is 11.0 Å². The van der Waals surface area contributed by atoms with Gasteiger partial charge in [-0.15, -0.1) is 0 Å². The third kappa shape index (κ3) is 3.79. The number of hydrogen-bond acceptors (Lipinski definition) is 5. The fourth-order valence-electron chi connectivity index (χ4n) is 3.02. The number of aliphatic hydroxyl groups is 1. The topological polar surface area (TPSA) is 90.6 Å². The van der Waals surface area contributed by atoms with Crippen molar-refractivity contribution in [1.29, 1.82) is 0 Å². The van der Waals surface area contributed by atoms with Crippen LogP contribution in [0.15, 0.2) is 22.6 Å². The molecule has 0 bridgehead atoms. The smallest absolute Gasteiger partial charge is 0.319 e. The van der Waals surface area contributed by atoms with Gasteiger partial charge in [-0.25, -0.2) is 4.79 Å². The number of carbonyl (C=O) groups excluding carboxylic acids is 1. The zero-order valence-electron chi connectivity index (χ0n) is 14.1. The molecule has 1 fully saturated rings. The van der Waals surface area contributed by atoms with Crippen LogP contribution >= 0.6 is 0 Å². The van der Waals surface area contributed by atoms with E-state index in [0.717, 1.165) is 31.2 Å². The van der Waals surface area contributed by atoms with Crippen molar-refractivity contribution in [2.75, 3.05) is 30.9 Å². The Morgan fingerprint density at radius 3 is 2.75 bits per heavy atom. The molecule has 0 unspecified atom stereocenters. The summed E-state index contributed by atoms with van der Waals surface area (Å²) in [5, 5.41) is 15.0. The van der Waals surface area contributed by atoms with Gasteiger partial charge in [-0.05, 0) is 43.7 Å². The van der Waals surface area contributed by atoms with Gasteiger partial charge in [0.2, 0.25) is 0 Å². The Balaban J connectivity index is 1.59. The van der Waals surface area contributed by atoms with Crippen molar-refractivity contribution in [1.82, 2.24) is 10.3 Å². The first-order valence-electron chi connectivity index (χ1n) is 8.31. The molecule has 0 aliphatic heterocycles. The summed E-state index contributed by atoms with van der Waals surface area (Å²) in [7, 11) is 3.73. The number of rotatable bonds is 4. The number of nitrogens with zero attached hydrogens (tertiary/aromatic N) is 2. The Hall–Kier alpha value is -2.28. The summed E-state index contributed by atoms with van der Waals surface area (Å²) >= 11 is 0. The Labute approximate surface area is 141 Å². The fraction of sp³-hybridized carbons (Fsp3) is 0.529. The van der Waals surface area contributed by atoms with E-state index in [4.69, 9.17) is 9.52 Å². The molecule has 1 aromatic heterocycles. The number of anilines is 2. The van der Waals surface area contributed by atoms with Crippen LogP contribution in [0.2, 0.25) is 0 Å². The van der Waals surface area contributed by atoms with Crippen LogP contribution in [0, 0.1) is 5.92 Å². The SMILES string of the molecule is CN(C)c1nc2ccc(NC(=O)NC3CCC(CO)CC3)cc2o1. The van der Waals surface area contributed by atoms with E-state index in [-0.39, 0.29) is 18.7 Å². The van der Waals surface area contributed by atoms with Crippen molar-refractivity contribution in [2.24, 2.45) is 5.92 Å². The van der Waals surface area contributed by atoms with E-state index in [9.17, 15) is 4.79 Å². The fourth-order valence-corrected chi connectivity index (χ4v) is 3.02. The highest BCUT2D eigenvalue weighted by Crippen LogP contribution is 2.25. The molecule has 1 saturated carbocycles. The van der Waals surface area contributed by atoms with Gasteiger partial charge in [0.05, 0.1) is 0 Å². The largest absolute Gasteiger partial charge is 0.423 e. The van der Waals surface area contributed by atoms with Gasteiger partial charge in [0.1, 0.15) is 5.52 Å². The minimum atomic E-state index is -0.214. The average molecular weight is 332 g/mol. The monoisotopic (exact) mass is 332 g/mol. The number of benzene rings is 1. The standard InChI is InChI=1S/C17H24N4O3/c1-21(2)17-20-14-8-7-13(9-15(14)24-17)19-16(23)18-12-5-3-11(10-22)4-6-12/h7-9,11-12,22H,3-6,10H2,1-2H3,(H2,18,19,23). The maximum absolute atomic E-state index is 12.2. The van der Waals surface area contributed by atoms with Gasteiger partial charge in [-0.1, -0.05) is 0 Å². The molecule has 3 rings (SSSR count). The summed E-state index contributed by atoms with van der Waals surface area (Å²) in [4.78, 5) is 18.3. The van der Waals surface area contributed by atoms with Crippen LogP contribution in [-0.2, 0) is 0 Å². The summed E-state index contributed by atoms with van der Waals surface area (Å²) in [6, 6.07) is 5.90. The molecule has 7 nitrogen and oxygen atoms in total. The van der Waals surface area contributed by atoms with Crippen molar-refractivity contribution in [2.45, 2.75) is 31.7 Å². The lowest BCUT2D eigenvalue weighted by molar-refractivity contribution is 0.176. The van der Waals surface area contributed by atoms with Crippen molar-refractivity contribution in [3.8, 4) is 0 Å². The number of fused-ring (bicyclic) bond motifs is 1. The zero-order chi connectivity index (χ0) is 17.1. The number of hydrogen-bond donors (Lipinski definition) is 3. The maximum Gasteiger partial charge on any atom is 0.319 e. The molecular formula is C17H24N4O3. The van der Waals surface area contributed by atoms with E-state index in [1.165, 1.54) is 0 Å². The third-order valence-corrected chi connectivity index (χ3v) is 4.46. The predicted molar refractivity (Wildman–Crippen MR) is 93.3 cm³/mol. The van der Waals surface area contributed by atoms with Crippen LogP contribution in [0.4, 0.5) is 16.5 Å². The number of urea groups is 1. The van der Waals surface area contributed by atoms with Gasteiger partial charge >= 0.3 is 6.03 Å². The lowest BCUT2D eigenvalue weighted by atomic mass is 9.87. The molecule has 0 saturated heterocycles. The van der Waals surface area contributed by atoms with Crippen LogP contribution in [0.3, 0.4) is 0 Å². The summed E-state index contributed by atoms with van der Waals surface area (Å²) in [5.74, 6) is 0.380. The van der Waals surface area contributed by atoms with Gasteiger partial charge in [-0.2, -0.15) is 4.98 Å². The molecule has 7 heteroatoms. The van der Waals surface area contributed by atoms with Crippen LogP contribution < -0.4 is 15.5 Å². The lowest BCUT2D eigenvalue weighted by Gasteiger charge is -2.27. The van der Waals surface area contributed by atoms with Crippen molar-refractivity contribution < 1.29 is 14.3 Å². The van der Waals surface area contributed by atoms with Crippen LogP contribution in [0.5, 0.6) is 0 Å². The Morgan fingerprint density at radius 2 is 2.08 bits per heavy atom. The number of carbonyl (C=O) groups is 1. The van der Waals surface area contributed by atoms with Gasteiger partial charge in [0, 0.05) is 38.5 Å². The normalized spacial score (nSPS) is 20.8. The van der Waals surface area contributed by atoms with E-state index in [0.29, 0.717) is 23.2 Å². The van der Waals surface area contributed by atoms with E-state index in [1.807, 2.05) is 26.2 Å². The number of amides is 2. The Kier molecular flexibility index (Phi) is 4.89. The molecule has 130 valence electrons. The first-order chi connectivity index (χ1) is 11.5. The minimum Gasteiger partial charge on any atom is -0.423 e. The van der Waals surface area contributed by atoms with Gasteiger partial charge in [-0.3, -0.25) is 0 Å². The quantitative estimate of drug-likeness (QED) is 0.800. The molecule has 0 radical (unpaired) electrons. The van der Waals surface area contributed by atoms with Crippen LogP contribution in [0.25, 0.3) is 11.1 Å². The Morgan fingerprint density at radius 1 is 1.33 bits per heavy atom. The highest BCUT2D eigenvalue weighted by molar-refractivity contribution is 5.91. The molecule has 3 N–H and O–H groups in total. The first kappa shape index (κ1) is 16.6. The van der Waals surface area contributed by atoms with Gasteiger partial charge in [0.25, 0.3) is 6.01 Å². The number of nitrogens with one attached hydrogen (secondary N) is 2. The summed E-state index contributed by atoms with van der Waals surface area (Å²) in [6.07, 6.45) is 3.73. The van der Waals surface area contributed by atoms with Crippen molar-refractivity contribution in [3.05, 3.63) is 18.2 Å². The number of oxazole rings is 1. The second kappa shape index (κ2) is 7.09.